The van der Waals surface area contributed by atoms with E-state index in [2.05, 4.69) is 10.3 Å². The smallest absolute Gasteiger partial charge is 0.379 e. The maximum absolute atomic E-state index is 12.6. The molecule has 0 spiro atoms. The lowest BCUT2D eigenvalue weighted by Crippen LogP contribution is -2.23. The van der Waals surface area contributed by atoms with E-state index in [1.54, 1.807) is 6.20 Å². The maximum Gasteiger partial charge on any atom is 0.417 e. The fraction of sp³-hybridized carbons (Fsp3) is 0.385. The first-order valence-electron chi connectivity index (χ1n) is 6.14. The SMILES string of the molecule is O=CC=CN1CC[C@@H](Nc2cncc(C(F)(F)F)c2)C1. The molecule has 20 heavy (non-hydrogen) atoms. The van der Waals surface area contributed by atoms with Gasteiger partial charge in [0, 0.05) is 37.7 Å². The molecule has 0 bridgehead atoms. The van der Waals surface area contributed by atoms with Crippen LogP contribution < -0.4 is 5.32 Å². The molecule has 4 nitrogen and oxygen atoms in total. The molecule has 1 aromatic rings. The molecule has 1 aliphatic rings. The Bertz CT molecular complexity index is 502. The number of halogens is 3. The van der Waals surface area contributed by atoms with Crippen molar-refractivity contribution in [2.75, 3.05) is 18.4 Å². The first kappa shape index (κ1) is 14.4. The Labute approximate surface area is 114 Å². The fourth-order valence-corrected chi connectivity index (χ4v) is 2.11. The quantitative estimate of drug-likeness (QED) is 0.681. The van der Waals surface area contributed by atoms with Crippen LogP contribution in [-0.2, 0) is 11.0 Å². The average Bonchev–Trinajstić information content (AvgIpc) is 2.83. The largest absolute Gasteiger partial charge is 0.417 e. The van der Waals surface area contributed by atoms with E-state index in [0.717, 1.165) is 25.2 Å². The molecule has 0 radical (unpaired) electrons. The van der Waals surface area contributed by atoms with E-state index in [1.807, 2.05) is 4.90 Å². The van der Waals surface area contributed by atoms with Gasteiger partial charge in [0.05, 0.1) is 11.3 Å². The number of carbonyl (C=O) groups excluding carboxylic acids is 1. The standard InChI is InChI=1S/C13H14F3N3O/c14-13(15,16)10-6-12(8-17-7-10)18-11-2-4-19(9-11)3-1-5-20/h1,3,5-8,11,18H,2,4,9H2/t11-/m1/s1. The van der Waals surface area contributed by atoms with Crippen LogP contribution in [0, 0.1) is 0 Å². The van der Waals surface area contributed by atoms with E-state index in [0.29, 0.717) is 18.5 Å². The predicted octanol–water partition coefficient (Wildman–Crippen LogP) is 2.30. The average molecular weight is 285 g/mol. The van der Waals surface area contributed by atoms with Gasteiger partial charge in [-0.1, -0.05) is 0 Å². The zero-order chi connectivity index (χ0) is 14.6. The summed E-state index contributed by atoms with van der Waals surface area (Å²) < 4.78 is 37.7. The number of hydrogen-bond donors (Lipinski definition) is 1. The summed E-state index contributed by atoms with van der Waals surface area (Å²) in [5.41, 5.74) is -0.413. The van der Waals surface area contributed by atoms with Gasteiger partial charge in [0.15, 0.2) is 0 Å². The number of nitrogens with one attached hydrogen (secondary N) is 1. The monoisotopic (exact) mass is 285 g/mol. The number of alkyl halides is 3. The van der Waals surface area contributed by atoms with E-state index >= 15 is 0 Å². The summed E-state index contributed by atoms with van der Waals surface area (Å²) in [7, 11) is 0. The Balaban J connectivity index is 1.98. The van der Waals surface area contributed by atoms with Crippen molar-refractivity contribution in [2.24, 2.45) is 0 Å². The first-order chi connectivity index (χ1) is 9.49. The van der Waals surface area contributed by atoms with Gasteiger partial charge in [0.2, 0.25) is 0 Å². The number of anilines is 1. The van der Waals surface area contributed by atoms with Crippen LogP contribution in [0.3, 0.4) is 0 Å². The molecule has 0 unspecified atom stereocenters. The van der Waals surface area contributed by atoms with Crippen LogP contribution in [0.15, 0.2) is 30.7 Å². The molecule has 0 aliphatic carbocycles. The molecule has 2 heterocycles. The molecular formula is C13H14F3N3O. The van der Waals surface area contributed by atoms with Crippen LogP contribution in [-0.4, -0.2) is 35.3 Å². The van der Waals surface area contributed by atoms with Gasteiger partial charge in [-0.2, -0.15) is 13.2 Å². The lowest BCUT2D eigenvalue weighted by atomic mass is 10.2. The molecule has 7 heteroatoms. The Kier molecular flexibility index (Phi) is 4.26. The maximum atomic E-state index is 12.6. The topological polar surface area (TPSA) is 45.2 Å². The summed E-state index contributed by atoms with van der Waals surface area (Å²) in [5, 5.41) is 3.03. The van der Waals surface area contributed by atoms with Gasteiger partial charge in [-0.05, 0) is 18.6 Å². The molecule has 1 N–H and O–H groups in total. The van der Waals surface area contributed by atoms with Gasteiger partial charge in [-0.15, -0.1) is 0 Å². The van der Waals surface area contributed by atoms with Crippen molar-refractivity contribution in [2.45, 2.75) is 18.6 Å². The number of likely N-dealkylation sites (tertiary alicyclic amines) is 1. The third kappa shape index (κ3) is 3.72. The summed E-state index contributed by atoms with van der Waals surface area (Å²) in [5.74, 6) is 0. The van der Waals surface area contributed by atoms with Crippen molar-refractivity contribution >= 4 is 12.0 Å². The van der Waals surface area contributed by atoms with E-state index in [4.69, 9.17) is 0 Å². The Morgan fingerprint density at radius 3 is 2.90 bits per heavy atom. The number of allylic oxidation sites excluding steroid dienone is 1. The van der Waals surface area contributed by atoms with Crippen molar-refractivity contribution in [1.82, 2.24) is 9.88 Å². The second-order valence-corrected chi connectivity index (χ2v) is 4.56. The first-order valence-corrected chi connectivity index (χ1v) is 6.14. The molecule has 0 amide bonds. The summed E-state index contributed by atoms with van der Waals surface area (Å²) in [6, 6.07) is 1.09. The highest BCUT2D eigenvalue weighted by atomic mass is 19.4. The van der Waals surface area contributed by atoms with E-state index in [9.17, 15) is 18.0 Å². The molecular weight excluding hydrogens is 271 g/mol. The summed E-state index contributed by atoms with van der Waals surface area (Å²) in [6.45, 7) is 1.40. The Morgan fingerprint density at radius 2 is 2.20 bits per heavy atom. The number of pyridine rings is 1. The van der Waals surface area contributed by atoms with E-state index in [-0.39, 0.29) is 6.04 Å². The third-order valence-corrected chi connectivity index (χ3v) is 3.03. The zero-order valence-electron chi connectivity index (χ0n) is 10.6. The lowest BCUT2D eigenvalue weighted by molar-refractivity contribution is -0.137. The second kappa shape index (κ2) is 5.94. The minimum absolute atomic E-state index is 0.0385. The minimum atomic E-state index is -4.39. The lowest BCUT2D eigenvalue weighted by Gasteiger charge is -2.16. The van der Waals surface area contributed by atoms with Gasteiger partial charge in [0.25, 0.3) is 0 Å². The molecule has 108 valence electrons. The van der Waals surface area contributed by atoms with Gasteiger partial charge < -0.3 is 10.2 Å². The predicted molar refractivity (Wildman–Crippen MR) is 68.0 cm³/mol. The van der Waals surface area contributed by atoms with Crippen LogP contribution >= 0.6 is 0 Å². The van der Waals surface area contributed by atoms with Crippen LogP contribution in [0.2, 0.25) is 0 Å². The van der Waals surface area contributed by atoms with E-state index in [1.165, 1.54) is 12.3 Å². The van der Waals surface area contributed by atoms with Crippen molar-refractivity contribution in [1.29, 1.82) is 0 Å². The Hall–Kier alpha value is -2.05. The van der Waals surface area contributed by atoms with Gasteiger partial charge in [-0.25, -0.2) is 0 Å². The number of rotatable bonds is 4. The highest BCUT2D eigenvalue weighted by Crippen LogP contribution is 2.30. The minimum Gasteiger partial charge on any atom is -0.379 e. The molecule has 1 aromatic heterocycles. The molecule has 1 atom stereocenters. The fourth-order valence-electron chi connectivity index (χ4n) is 2.11. The highest BCUT2D eigenvalue weighted by Gasteiger charge is 2.31. The van der Waals surface area contributed by atoms with Crippen molar-refractivity contribution in [3.05, 3.63) is 36.3 Å². The number of hydrogen-bond acceptors (Lipinski definition) is 4. The number of nitrogens with zero attached hydrogens (tertiary/aromatic N) is 2. The van der Waals surface area contributed by atoms with Gasteiger partial charge in [0.1, 0.15) is 6.29 Å². The van der Waals surface area contributed by atoms with Crippen molar-refractivity contribution < 1.29 is 18.0 Å². The number of aldehydes is 1. The second-order valence-electron chi connectivity index (χ2n) is 4.56. The molecule has 1 aliphatic heterocycles. The highest BCUT2D eigenvalue weighted by molar-refractivity contribution is 5.64. The molecule has 2 rings (SSSR count). The van der Waals surface area contributed by atoms with Gasteiger partial charge >= 0.3 is 6.18 Å². The van der Waals surface area contributed by atoms with Crippen LogP contribution in [0.1, 0.15) is 12.0 Å². The summed E-state index contributed by atoms with van der Waals surface area (Å²) in [4.78, 5) is 15.8. The van der Waals surface area contributed by atoms with Crippen LogP contribution in [0.25, 0.3) is 0 Å². The van der Waals surface area contributed by atoms with E-state index < -0.39 is 11.7 Å². The van der Waals surface area contributed by atoms with Gasteiger partial charge in [-0.3, -0.25) is 9.78 Å². The molecule has 0 saturated carbocycles. The Morgan fingerprint density at radius 1 is 1.40 bits per heavy atom. The summed E-state index contributed by atoms with van der Waals surface area (Å²) >= 11 is 0. The van der Waals surface area contributed by atoms with Crippen molar-refractivity contribution in [3.8, 4) is 0 Å². The van der Waals surface area contributed by atoms with Crippen LogP contribution in [0.5, 0.6) is 0 Å². The normalized spacial score (nSPS) is 19.6. The molecule has 1 fully saturated rings. The molecule has 1 saturated heterocycles. The molecule has 0 aromatic carbocycles. The number of carbonyl (C=O) groups is 1. The van der Waals surface area contributed by atoms with Crippen molar-refractivity contribution in [3.63, 3.8) is 0 Å². The zero-order valence-corrected chi connectivity index (χ0v) is 10.6. The number of aromatic nitrogens is 1. The van der Waals surface area contributed by atoms with Crippen LogP contribution in [0.4, 0.5) is 18.9 Å². The third-order valence-electron chi connectivity index (χ3n) is 3.03. The summed E-state index contributed by atoms with van der Waals surface area (Å²) in [6.07, 6.45) is 2.35.